The van der Waals surface area contributed by atoms with E-state index in [4.69, 9.17) is 37.4 Å². The minimum Gasteiger partial charge on any atom is -0.476 e. The largest absolute Gasteiger partial charge is 0.476 e. The van der Waals surface area contributed by atoms with Gasteiger partial charge >= 0.3 is 5.97 Å². The average Bonchev–Trinajstić information content (AvgIpc) is 3.24. The number of carbonyl (C=O) groups is 3. The first-order valence-electron chi connectivity index (χ1n) is 15.8. The van der Waals surface area contributed by atoms with E-state index in [1.807, 2.05) is 6.92 Å². The number of hydrogen-bond donors (Lipinski definition) is 1. The van der Waals surface area contributed by atoms with E-state index in [2.05, 4.69) is 25.0 Å². The van der Waals surface area contributed by atoms with Crippen LogP contribution in [0, 0.1) is 12.7 Å². The van der Waals surface area contributed by atoms with Crippen LogP contribution in [-0.4, -0.2) is 51.9 Å². The molecule has 0 saturated carbocycles. The van der Waals surface area contributed by atoms with Crippen LogP contribution >= 0.6 is 23.2 Å². The number of esters is 1. The highest BCUT2D eigenvalue weighted by Gasteiger charge is 2.64. The Morgan fingerprint density at radius 2 is 1.73 bits per heavy atom. The zero-order chi connectivity index (χ0) is 35.2. The topological polar surface area (TPSA) is 94.2 Å². The number of nitrogens with one attached hydrogen (secondary N) is 1. The van der Waals surface area contributed by atoms with Gasteiger partial charge in [0, 0.05) is 42.6 Å². The fourth-order valence-corrected chi connectivity index (χ4v) is 7.84. The summed E-state index contributed by atoms with van der Waals surface area (Å²) >= 11 is 13.2. The standard InChI is InChI=1S/C36H41Cl2FN2O6Si/c1-21-8-11-24(39)18-25(21)32-36(27-12-9-23(38)17-29(27)41(33(36)43)20-46-14-15-48(5,6)7)28(19-31(42)40-32)26-16-22(37)10-13-30(26)47-35(2,3)34(44)45-4/h8-13,16-18,28,32H,14-15,19-20H2,1-7H3,(H,40,42)/t28-,32?,36-/m1/s1. The molecule has 2 heterocycles. The lowest BCUT2D eigenvalue weighted by Gasteiger charge is -2.47. The third-order valence-electron chi connectivity index (χ3n) is 9.15. The summed E-state index contributed by atoms with van der Waals surface area (Å²) in [6.45, 7) is 12.1. The summed E-state index contributed by atoms with van der Waals surface area (Å²) < 4.78 is 32.4. The molecule has 1 spiro atoms. The van der Waals surface area contributed by atoms with Crippen LogP contribution in [0.4, 0.5) is 10.1 Å². The van der Waals surface area contributed by atoms with E-state index in [0.717, 1.165) is 6.04 Å². The van der Waals surface area contributed by atoms with E-state index < -0.39 is 42.8 Å². The molecule has 8 nitrogen and oxygen atoms in total. The number of halogens is 3. The molecule has 5 rings (SSSR count). The Bertz CT molecular complexity index is 1760. The number of fused-ring (bicyclic) bond motifs is 2. The van der Waals surface area contributed by atoms with Crippen LogP contribution in [0.3, 0.4) is 0 Å². The maximum absolute atomic E-state index is 15.4. The lowest BCUT2D eigenvalue weighted by Crippen LogP contribution is -2.58. The fourth-order valence-electron chi connectivity index (χ4n) is 6.73. The first kappa shape index (κ1) is 35.9. The minimum absolute atomic E-state index is 0.0534. The van der Waals surface area contributed by atoms with Gasteiger partial charge in [-0.25, -0.2) is 9.18 Å². The SMILES string of the molecule is COC(=O)C(C)(C)Oc1ccc(Cl)cc1[C@H]1CC(=O)NC(c2cc(F)ccc2C)[C@]12C(=O)N(COCC[Si](C)(C)C)c1cc(Cl)ccc12. The Hall–Kier alpha value is -3.44. The Balaban J connectivity index is 1.77. The van der Waals surface area contributed by atoms with Gasteiger partial charge in [0.25, 0.3) is 0 Å². The number of carbonyl (C=O) groups excluding carboxylic acids is 3. The average molecular weight is 716 g/mol. The summed E-state index contributed by atoms with van der Waals surface area (Å²) in [4.78, 5) is 43.4. The van der Waals surface area contributed by atoms with Crippen molar-refractivity contribution in [2.75, 3.05) is 25.3 Å². The molecule has 1 fully saturated rings. The number of piperidine rings is 1. The van der Waals surface area contributed by atoms with E-state index >= 15 is 9.18 Å². The Labute approximate surface area is 291 Å². The van der Waals surface area contributed by atoms with Crippen molar-refractivity contribution in [1.29, 1.82) is 0 Å². The van der Waals surface area contributed by atoms with Crippen LogP contribution in [0.2, 0.25) is 35.7 Å². The second kappa shape index (κ2) is 13.5. The predicted octanol–water partition coefficient (Wildman–Crippen LogP) is 7.71. The summed E-state index contributed by atoms with van der Waals surface area (Å²) in [5.74, 6) is -2.49. The maximum Gasteiger partial charge on any atom is 0.349 e. The number of hydrogen-bond acceptors (Lipinski definition) is 6. The quantitative estimate of drug-likeness (QED) is 0.131. The first-order chi connectivity index (χ1) is 22.5. The fraction of sp³-hybridized carbons (Fsp3) is 0.417. The monoisotopic (exact) mass is 714 g/mol. The van der Waals surface area contributed by atoms with Gasteiger partial charge in [-0.3, -0.25) is 14.5 Å². The predicted molar refractivity (Wildman–Crippen MR) is 187 cm³/mol. The van der Waals surface area contributed by atoms with Crippen molar-refractivity contribution in [2.24, 2.45) is 0 Å². The van der Waals surface area contributed by atoms with E-state index in [9.17, 15) is 9.59 Å². The van der Waals surface area contributed by atoms with Gasteiger partial charge in [0.15, 0.2) is 5.60 Å². The van der Waals surface area contributed by atoms with Crippen LogP contribution in [-0.2, 0) is 29.3 Å². The minimum atomic E-state index is -1.53. The van der Waals surface area contributed by atoms with Gasteiger partial charge in [-0.05, 0) is 86.0 Å². The molecule has 0 radical (unpaired) electrons. The van der Waals surface area contributed by atoms with Gasteiger partial charge in [0.05, 0.1) is 18.8 Å². The lowest BCUT2D eigenvalue weighted by atomic mass is 9.58. The van der Waals surface area contributed by atoms with Crippen molar-refractivity contribution in [3.05, 3.63) is 92.7 Å². The van der Waals surface area contributed by atoms with Crippen LogP contribution in [0.1, 0.15) is 54.5 Å². The molecular formula is C36H41Cl2FN2O6Si. The molecule has 2 aliphatic heterocycles. The highest BCUT2D eigenvalue weighted by Crippen LogP contribution is 2.60. The molecule has 1 unspecified atom stereocenters. The molecule has 3 atom stereocenters. The summed E-state index contributed by atoms with van der Waals surface area (Å²) in [6, 6.07) is 14.3. The van der Waals surface area contributed by atoms with Gasteiger partial charge in [-0.15, -0.1) is 0 Å². The van der Waals surface area contributed by atoms with Crippen molar-refractivity contribution < 1.29 is 33.0 Å². The van der Waals surface area contributed by atoms with Gasteiger partial charge < -0.3 is 19.5 Å². The van der Waals surface area contributed by atoms with Crippen LogP contribution in [0.25, 0.3) is 0 Å². The van der Waals surface area contributed by atoms with Gasteiger partial charge in [-0.1, -0.05) is 55.0 Å². The van der Waals surface area contributed by atoms with Gasteiger partial charge in [-0.2, -0.15) is 0 Å². The Morgan fingerprint density at radius 1 is 1.04 bits per heavy atom. The maximum atomic E-state index is 15.4. The number of ether oxygens (including phenoxy) is 3. The summed E-state index contributed by atoms with van der Waals surface area (Å²) in [6.07, 6.45) is -0.141. The third kappa shape index (κ3) is 6.72. The highest BCUT2D eigenvalue weighted by molar-refractivity contribution is 6.76. The van der Waals surface area contributed by atoms with E-state index in [-0.39, 0.29) is 30.7 Å². The summed E-state index contributed by atoms with van der Waals surface area (Å²) in [5.41, 5.74) is -0.284. The normalized spacial score (nSPS) is 20.9. The number of aryl methyl sites for hydroxylation is 1. The van der Waals surface area contributed by atoms with Crippen LogP contribution < -0.4 is 15.0 Å². The molecular weight excluding hydrogens is 674 g/mol. The molecule has 3 aromatic carbocycles. The van der Waals surface area contributed by atoms with Crippen LogP contribution in [0.15, 0.2) is 54.6 Å². The second-order valence-electron chi connectivity index (χ2n) is 14.2. The number of anilines is 1. The van der Waals surface area contributed by atoms with Crippen molar-refractivity contribution in [1.82, 2.24) is 5.32 Å². The molecule has 1 N–H and O–H groups in total. The number of rotatable bonds is 10. The summed E-state index contributed by atoms with van der Waals surface area (Å²) in [5, 5.41) is 3.81. The summed E-state index contributed by atoms with van der Waals surface area (Å²) in [7, 11) is -0.168. The van der Waals surface area contributed by atoms with E-state index in [1.165, 1.54) is 19.2 Å². The zero-order valence-corrected chi connectivity index (χ0v) is 30.7. The van der Waals surface area contributed by atoms with E-state index in [0.29, 0.717) is 44.6 Å². The molecule has 2 amide bonds. The van der Waals surface area contributed by atoms with Crippen LogP contribution in [0.5, 0.6) is 5.75 Å². The Morgan fingerprint density at radius 3 is 2.42 bits per heavy atom. The van der Waals surface area contributed by atoms with Crippen molar-refractivity contribution in [3.63, 3.8) is 0 Å². The molecule has 48 heavy (non-hydrogen) atoms. The number of methoxy groups -OCH3 is 1. The second-order valence-corrected chi connectivity index (χ2v) is 20.7. The van der Waals surface area contributed by atoms with Crippen molar-refractivity contribution in [2.45, 2.75) is 75.9 Å². The van der Waals surface area contributed by atoms with Gasteiger partial charge in [0.2, 0.25) is 11.8 Å². The Kier molecular flexibility index (Phi) is 10.1. The van der Waals surface area contributed by atoms with E-state index in [1.54, 1.807) is 61.2 Å². The van der Waals surface area contributed by atoms with Gasteiger partial charge in [0.1, 0.15) is 23.7 Å². The zero-order valence-electron chi connectivity index (χ0n) is 28.2. The number of nitrogens with zero attached hydrogens (tertiary/aromatic N) is 1. The lowest BCUT2D eigenvalue weighted by molar-refractivity contribution is -0.156. The molecule has 0 aliphatic carbocycles. The highest BCUT2D eigenvalue weighted by atomic mass is 35.5. The third-order valence-corrected chi connectivity index (χ3v) is 11.3. The molecule has 0 aromatic heterocycles. The molecule has 1 saturated heterocycles. The smallest absolute Gasteiger partial charge is 0.349 e. The van der Waals surface area contributed by atoms with Crippen molar-refractivity contribution >= 4 is 54.7 Å². The molecule has 256 valence electrons. The van der Waals surface area contributed by atoms with Crippen molar-refractivity contribution in [3.8, 4) is 5.75 Å². The molecule has 0 bridgehead atoms. The number of benzene rings is 3. The number of amides is 2. The molecule has 2 aliphatic rings. The molecule has 12 heteroatoms. The molecule has 3 aromatic rings. The first-order valence-corrected chi connectivity index (χ1v) is 20.3.